The molecule has 2 heteroatoms. The second kappa shape index (κ2) is 16.7. The highest BCUT2D eigenvalue weighted by molar-refractivity contribution is 6.35. The van der Waals surface area contributed by atoms with Crippen molar-refractivity contribution in [3.05, 3.63) is 0 Å². The monoisotopic (exact) mass is 172 g/mol. The minimum atomic E-state index is 0.411. The lowest BCUT2D eigenvalue weighted by molar-refractivity contribution is -0.107. The first-order valence-electron chi connectivity index (χ1n) is 4.77. The van der Waals surface area contributed by atoms with E-state index in [4.69, 9.17) is 0 Å². The summed E-state index contributed by atoms with van der Waals surface area (Å²) in [6.07, 6.45) is 4.36. The summed E-state index contributed by atoms with van der Waals surface area (Å²) in [5.74, 6) is 0. The van der Waals surface area contributed by atoms with E-state index in [1.165, 1.54) is 12.8 Å². The first-order chi connectivity index (χ1) is 5.33. The minimum absolute atomic E-state index is 0.411. The van der Waals surface area contributed by atoms with Crippen LogP contribution in [-0.4, -0.2) is 21.5 Å². The van der Waals surface area contributed by atoms with Gasteiger partial charge in [-0.15, -0.1) is 0 Å². The van der Waals surface area contributed by atoms with E-state index in [1.54, 1.807) is 10.6 Å². The average molecular weight is 172 g/mol. The molecule has 0 saturated heterocycles. The Hall–Kier alpha value is 0.202. The zero-order valence-electron chi connectivity index (χ0n) is 8.23. The van der Waals surface area contributed by atoms with Crippen molar-refractivity contribution >= 4 is 21.5 Å². The highest BCUT2D eigenvalue weighted by Gasteiger charge is 1.86. The van der Waals surface area contributed by atoms with Crippen LogP contribution in [0.3, 0.4) is 0 Å². The Labute approximate surface area is 77.3 Å². The fourth-order valence-corrected chi connectivity index (χ4v) is 2.03. The summed E-state index contributed by atoms with van der Waals surface area (Å²) in [5, 5.41) is 3.13. The Kier molecular flexibility index (Phi) is 20.8. The number of hydrogen-bond acceptors (Lipinski definition) is 1. The van der Waals surface area contributed by atoms with E-state index < -0.39 is 0 Å². The van der Waals surface area contributed by atoms with Crippen molar-refractivity contribution < 1.29 is 4.79 Å². The predicted octanol–water partition coefficient (Wildman–Crippen LogP) is 2.67. The molecule has 0 aromatic heterocycles. The SMILES string of the molecule is CCC=O.CC[CH2][AlH][CH2]CC. The van der Waals surface area contributed by atoms with E-state index in [-0.39, 0.29) is 0 Å². The molecule has 0 atom stereocenters. The topological polar surface area (TPSA) is 17.1 Å². The molecule has 0 rings (SSSR count). The molecule has 0 radical (unpaired) electrons. The molecule has 0 aromatic rings. The van der Waals surface area contributed by atoms with Crippen LogP contribution in [0.5, 0.6) is 0 Å². The van der Waals surface area contributed by atoms with Gasteiger partial charge >= 0.3 is 0 Å². The summed E-state index contributed by atoms with van der Waals surface area (Å²) in [4.78, 5) is 9.17. The Morgan fingerprint density at radius 2 is 1.45 bits per heavy atom. The van der Waals surface area contributed by atoms with Crippen molar-refractivity contribution in [2.45, 2.75) is 50.6 Å². The van der Waals surface area contributed by atoms with Gasteiger partial charge in [0.2, 0.25) is 15.2 Å². The number of aldehydes is 1. The summed E-state index contributed by atoms with van der Waals surface area (Å²) in [5.41, 5.74) is 0. The first kappa shape index (κ1) is 13.8. The first-order valence-corrected chi connectivity index (χ1v) is 6.77. The minimum Gasteiger partial charge on any atom is -0.303 e. The van der Waals surface area contributed by atoms with Gasteiger partial charge in [-0.1, -0.05) is 44.2 Å². The summed E-state index contributed by atoms with van der Waals surface area (Å²) >= 11 is 0.411. The van der Waals surface area contributed by atoms with Crippen LogP contribution in [-0.2, 0) is 4.79 Å². The lowest BCUT2D eigenvalue weighted by atomic mass is 10.6. The number of carbonyl (C=O) groups excluding carboxylic acids is 1. The molecule has 0 unspecified atom stereocenters. The molecule has 11 heavy (non-hydrogen) atoms. The Morgan fingerprint density at radius 3 is 1.64 bits per heavy atom. The van der Waals surface area contributed by atoms with E-state index in [0.29, 0.717) is 21.6 Å². The van der Waals surface area contributed by atoms with Crippen LogP contribution in [0.1, 0.15) is 40.0 Å². The zero-order chi connectivity index (χ0) is 8.95. The fraction of sp³-hybridized carbons (Fsp3) is 0.889. The van der Waals surface area contributed by atoms with Crippen molar-refractivity contribution in [2.75, 3.05) is 0 Å². The predicted molar refractivity (Wildman–Crippen MR) is 53.7 cm³/mol. The van der Waals surface area contributed by atoms with E-state index >= 15 is 0 Å². The number of rotatable bonds is 5. The van der Waals surface area contributed by atoms with Crippen molar-refractivity contribution in [1.29, 1.82) is 0 Å². The van der Waals surface area contributed by atoms with Gasteiger partial charge in [-0.05, 0) is 0 Å². The van der Waals surface area contributed by atoms with Gasteiger partial charge in [-0.3, -0.25) is 0 Å². The second-order valence-corrected chi connectivity index (χ2v) is 4.76. The van der Waals surface area contributed by atoms with Gasteiger partial charge < -0.3 is 4.79 Å². The molecule has 0 aromatic carbocycles. The van der Waals surface area contributed by atoms with Crippen molar-refractivity contribution in [1.82, 2.24) is 0 Å². The van der Waals surface area contributed by atoms with Crippen LogP contribution in [0, 0.1) is 0 Å². The molecule has 0 aliphatic rings. The van der Waals surface area contributed by atoms with Gasteiger partial charge in [0.25, 0.3) is 0 Å². The van der Waals surface area contributed by atoms with Gasteiger partial charge in [0.15, 0.2) is 0 Å². The van der Waals surface area contributed by atoms with Crippen LogP contribution in [0.25, 0.3) is 0 Å². The Morgan fingerprint density at radius 1 is 1.09 bits per heavy atom. The van der Waals surface area contributed by atoms with Crippen LogP contribution < -0.4 is 0 Å². The molecule has 0 bridgehead atoms. The summed E-state index contributed by atoms with van der Waals surface area (Å²) < 4.78 is 0. The molecule has 0 saturated carbocycles. The maximum Gasteiger partial charge on any atom is 0.236 e. The van der Waals surface area contributed by atoms with E-state index in [9.17, 15) is 4.79 Å². The molecule has 0 N–H and O–H groups in total. The fourth-order valence-electron chi connectivity index (χ4n) is 0.677. The molecular formula is C9H21AlO. The van der Waals surface area contributed by atoms with Crippen molar-refractivity contribution in [3.8, 4) is 0 Å². The summed E-state index contributed by atoms with van der Waals surface area (Å²) in [6.45, 7) is 6.37. The Bertz CT molecular complexity index is 60.6. The number of carbonyl (C=O) groups is 1. The quantitative estimate of drug-likeness (QED) is 0.354. The van der Waals surface area contributed by atoms with Crippen LogP contribution >= 0.6 is 0 Å². The van der Waals surface area contributed by atoms with Gasteiger partial charge in [0, 0.05) is 6.42 Å². The molecule has 66 valence electrons. The normalized spacial score (nSPS) is 7.91. The molecule has 1 nitrogen and oxygen atoms in total. The smallest absolute Gasteiger partial charge is 0.236 e. The molecule has 0 aliphatic carbocycles. The summed E-state index contributed by atoms with van der Waals surface area (Å²) in [6, 6.07) is 0. The van der Waals surface area contributed by atoms with Crippen LogP contribution in [0.15, 0.2) is 0 Å². The largest absolute Gasteiger partial charge is 0.303 e. The molecule has 0 heterocycles. The molecule has 0 fully saturated rings. The van der Waals surface area contributed by atoms with Gasteiger partial charge in [0.1, 0.15) is 6.29 Å². The maximum absolute atomic E-state index is 9.17. The van der Waals surface area contributed by atoms with Gasteiger partial charge in [-0.2, -0.15) is 0 Å². The lowest BCUT2D eigenvalue weighted by Gasteiger charge is -1.86. The van der Waals surface area contributed by atoms with E-state index in [2.05, 4.69) is 13.8 Å². The highest BCUT2D eigenvalue weighted by atomic mass is 27.1. The zero-order valence-corrected chi connectivity index (χ0v) is 9.64. The third-order valence-corrected chi connectivity index (χ3v) is 3.79. The molecule has 0 amide bonds. The standard InChI is InChI=1S/C3H6O.2C3H7.Al.H/c1-2-3-4;2*1-3-2;;/h3H,2H2,1H3;2*1,3H2,2H3;;. The molecular weight excluding hydrogens is 151 g/mol. The van der Waals surface area contributed by atoms with Crippen LogP contribution in [0.4, 0.5) is 0 Å². The third-order valence-electron chi connectivity index (χ3n) is 1.37. The third kappa shape index (κ3) is 25.4. The van der Waals surface area contributed by atoms with Crippen molar-refractivity contribution in [2.24, 2.45) is 0 Å². The lowest BCUT2D eigenvalue weighted by Crippen LogP contribution is -1.84. The van der Waals surface area contributed by atoms with Gasteiger partial charge in [0.05, 0.1) is 0 Å². The molecule has 0 aliphatic heterocycles. The Balaban J connectivity index is 0. The second-order valence-electron chi connectivity index (χ2n) is 2.64. The van der Waals surface area contributed by atoms with Crippen molar-refractivity contribution in [3.63, 3.8) is 0 Å². The summed E-state index contributed by atoms with van der Waals surface area (Å²) in [7, 11) is 0. The van der Waals surface area contributed by atoms with E-state index in [1.807, 2.05) is 6.92 Å². The maximum atomic E-state index is 9.17. The highest BCUT2D eigenvalue weighted by Crippen LogP contribution is 1.92. The number of hydrogen-bond donors (Lipinski definition) is 0. The average Bonchev–Trinajstić information content (AvgIpc) is 2.06. The van der Waals surface area contributed by atoms with Gasteiger partial charge in [-0.25, -0.2) is 0 Å². The van der Waals surface area contributed by atoms with E-state index in [0.717, 1.165) is 6.29 Å². The van der Waals surface area contributed by atoms with Crippen LogP contribution in [0.2, 0.25) is 10.6 Å². The molecule has 0 spiro atoms.